The maximum Gasteiger partial charge on any atom is 0.415 e. The molecular formula is C7H10F3N3O3S. The van der Waals surface area contributed by atoms with Crippen LogP contribution in [0.15, 0.2) is 17.3 Å². The van der Waals surface area contributed by atoms with Crippen molar-refractivity contribution in [1.82, 2.24) is 14.5 Å². The average molecular weight is 273 g/mol. The molecule has 0 aromatic carbocycles. The first kappa shape index (κ1) is 13.9. The van der Waals surface area contributed by atoms with Crippen LogP contribution in [0.1, 0.15) is 0 Å². The monoisotopic (exact) mass is 273 g/mol. The summed E-state index contributed by atoms with van der Waals surface area (Å²) in [5, 5.41) is 12.2. The SMILES string of the molecule is Cn1cc(S(=O)(=O)NCC(O)C(F)(F)F)cn1. The Morgan fingerprint density at radius 3 is 2.59 bits per heavy atom. The minimum absolute atomic E-state index is 0.269. The number of halogens is 3. The molecule has 0 aliphatic rings. The number of nitrogens with zero attached hydrogens (tertiary/aromatic N) is 2. The molecule has 98 valence electrons. The van der Waals surface area contributed by atoms with E-state index in [2.05, 4.69) is 5.10 Å². The third-order valence-electron chi connectivity index (χ3n) is 1.84. The van der Waals surface area contributed by atoms with Crippen LogP contribution >= 0.6 is 0 Å². The summed E-state index contributed by atoms with van der Waals surface area (Å²) < 4.78 is 61.5. The molecule has 0 spiro atoms. The molecule has 6 nitrogen and oxygen atoms in total. The number of aryl methyl sites for hydroxylation is 1. The minimum atomic E-state index is -4.86. The van der Waals surface area contributed by atoms with Crippen LogP contribution in [0, 0.1) is 0 Å². The zero-order valence-electron chi connectivity index (χ0n) is 8.64. The minimum Gasteiger partial charge on any atom is -0.382 e. The summed E-state index contributed by atoms with van der Waals surface area (Å²) in [6, 6.07) is 0. The highest BCUT2D eigenvalue weighted by atomic mass is 32.2. The molecule has 1 aromatic rings. The van der Waals surface area contributed by atoms with Gasteiger partial charge in [-0.15, -0.1) is 0 Å². The second kappa shape index (κ2) is 4.63. The number of hydrogen-bond acceptors (Lipinski definition) is 4. The lowest BCUT2D eigenvalue weighted by atomic mass is 10.4. The fourth-order valence-corrected chi connectivity index (χ4v) is 1.95. The van der Waals surface area contributed by atoms with Gasteiger partial charge < -0.3 is 5.11 Å². The van der Waals surface area contributed by atoms with Crippen molar-refractivity contribution in [3.05, 3.63) is 12.4 Å². The average Bonchev–Trinajstić information content (AvgIpc) is 2.60. The van der Waals surface area contributed by atoms with E-state index in [1.54, 1.807) is 4.72 Å². The first-order chi connectivity index (χ1) is 7.63. The molecule has 0 aliphatic carbocycles. The van der Waals surface area contributed by atoms with Gasteiger partial charge in [0.25, 0.3) is 0 Å². The Morgan fingerprint density at radius 1 is 1.59 bits per heavy atom. The second-order valence-electron chi connectivity index (χ2n) is 3.26. The third-order valence-corrected chi connectivity index (χ3v) is 3.21. The van der Waals surface area contributed by atoms with Crippen molar-refractivity contribution in [2.24, 2.45) is 7.05 Å². The normalized spacial score (nSPS) is 14.9. The molecule has 0 amide bonds. The van der Waals surface area contributed by atoms with Crippen molar-refractivity contribution >= 4 is 10.0 Å². The summed E-state index contributed by atoms with van der Waals surface area (Å²) in [6.07, 6.45) is -5.49. The van der Waals surface area contributed by atoms with Gasteiger partial charge in [0.2, 0.25) is 10.0 Å². The standard InChI is InChI=1S/C7H10F3N3O3S/c1-13-4-5(2-11-13)17(15,16)12-3-6(14)7(8,9)10/h2,4,6,12,14H,3H2,1H3. The molecule has 0 saturated carbocycles. The number of aromatic nitrogens is 2. The van der Waals surface area contributed by atoms with Crippen LogP contribution in [-0.4, -0.2) is 42.1 Å². The Kier molecular flexibility index (Phi) is 3.79. The molecule has 10 heteroatoms. The lowest BCUT2D eigenvalue weighted by molar-refractivity contribution is -0.200. The highest BCUT2D eigenvalue weighted by Crippen LogP contribution is 2.19. The number of sulfonamides is 1. The number of nitrogens with one attached hydrogen (secondary N) is 1. The van der Waals surface area contributed by atoms with Crippen LogP contribution < -0.4 is 4.72 Å². The van der Waals surface area contributed by atoms with Crippen molar-refractivity contribution < 1.29 is 26.7 Å². The fourth-order valence-electron chi connectivity index (χ4n) is 0.925. The molecule has 1 atom stereocenters. The highest BCUT2D eigenvalue weighted by molar-refractivity contribution is 7.89. The Balaban J connectivity index is 2.69. The van der Waals surface area contributed by atoms with Gasteiger partial charge in [-0.3, -0.25) is 4.68 Å². The molecular weight excluding hydrogens is 263 g/mol. The smallest absolute Gasteiger partial charge is 0.382 e. The molecule has 2 N–H and O–H groups in total. The third kappa shape index (κ3) is 3.68. The molecule has 0 saturated heterocycles. The van der Waals surface area contributed by atoms with Crippen molar-refractivity contribution in [2.45, 2.75) is 17.2 Å². The van der Waals surface area contributed by atoms with Crippen molar-refractivity contribution in [1.29, 1.82) is 0 Å². The van der Waals surface area contributed by atoms with E-state index in [0.29, 0.717) is 0 Å². The summed E-state index contributed by atoms with van der Waals surface area (Å²) in [5.41, 5.74) is 0. The van der Waals surface area contributed by atoms with Gasteiger partial charge in [-0.25, -0.2) is 13.1 Å². The molecule has 1 aromatic heterocycles. The van der Waals surface area contributed by atoms with Gasteiger partial charge in [0.15, 0.2) is 6.10 Å². The van der Waals surface area contributed by atoms with Crippen molar-refractivity contribution in [3.63, 3.8) is 0 Å². The number of rotatable bonds is 4. The van der Waals surface area contributed by atoms with Gasteiger partial charge in [-0.2, -0.15) is 18.3 Å². The molecule has 1 heterocycles. The fraction of sp³-hybridized carbons (Fsp3) is 0.571. The zero-order chi connectivity index (χ0) is 13.3. The van der Waals surface area contributed by atoms with Crippen LogP contribution in [0.25, 0.3) is 0 Å². The first-order valence-electron chi connectivity index (χ1n) is 4.36. The van der Waals surface area contributed by atoms with E-state index < -0.39 is 28.8 Å². The molecule has 1 unspecified atom stereocenters. The van der Waals surface area contributed by atoms with E-state index in [1.165, 1.54) is 11.7 Å². The number of hydrogen-bond donors (Lipinski definition) is 2. The van der Waals surface area contributed by atoms with Crippen LogP contribution in [-0.2, 0) is 17.1 Å². The number of alkyl halides is 3. The van der Waals surface area contributed by atoms with E-state index in [9.17, 15) is 21.6 Å². The predicted octanol–water partition coefficient (Wildman–Crippen LogP) is -0.378. The Bertz CT molecular complexity index is 482. The largest absolute Gasteiger partial charge is 0.415 e. The predicted molar refractivity (Wildman–Crippen MR) is 50.5 cm³/mol. The molecule has 1 rings (SSSR count). The lowest BCUT2D eigenvalue weighted by Gasteiger charge is -2.14. The van der Waals surface area contributed by atoms with Crippen LogP contribution in [0.4, 0.5) is 13.2 Å². The quantitative estimate of drug-likeness (QED) is 0.783. The van der Waals surface area contributed by atoms with Gasteiger partial charge in [0.05, 0.1) is 6.20 Å². The van der Waals surface area contributed by atoms with Crippen molar-refractivity contribution in [3.8, 4) is 0 Å². The zero-order valence-corrected chi connectivity index (χ0v) is 9.46. The van der Waals surface area contributed by atoms with Gasteiger partial charge in [0, 0.05) is 19.8 Å². The topological polar surface area (TPSA) is 84.2 Å². The second-order valence-corrected chi connectivity index (χ2v) is 5.03. The van der Waals surface area contributed by atoms with E-state index >= 15 is 0 Å². The molecule has 0 fully saturated rings. The number of aliphatic hydroxyl groups excluding tert-OH is 1. The first-order valence-corrected chi connectivity index (χ1v) is 5.84. The lowest BCUT2D eigenvalue weighted by Crippen LogP contribution is -2.40. The maximum atomic E-state index is 11.9. The number of aliphatic hydroxyl groups is 1. The van der Waals surface area contributed by atoms with Gasteiger partial charge in [-0.1, -0.05) is 0 Å². The van der Waals surface area contributed by atoms with E-state index in [1.807, 2.05) is 0 Å². The van der Waals surface area contributed by atoms with Crippen LogP contribution in [0.3, 0.4) is 0 Å². The maximum absolute atomic E-state index is 11.9. The van der Waals surface area contributed by atoms with Gasteiger partial charge in [0.1, 0.15) is 4.90 Å². The van der Waals surface area contributed by atoms with Crippen molar-refractivity contribution in [2.75, 3.05) is 6.54 Å². The van der Waals surface area contributed by atoms with Crippen LogP contribution in [0.2, 0.25) is 0 Å². The summed E-state index contributed by atoms with van der Waals surface area (Å²) in [4.78, 5) is -0.269. The molecule has 17 heavy (non-hydrogen) atoms. The van der Waals surface area contributed by atoms with E-state index in [0.717, 1.165) is 12.4 Å². The highest BCUT2D eigenvalue weighted by Gasteiger charge is 2.38. The Hall–Kier alpha value is -1.13. The molecule has 0 aliphatic heterocycles. The molecule has 0 bridgehead atoms. The Morgan fingerprint density at radius 2 is 2.18 bits per heavy atom. The summed E-state index contributed by atoms with van der Waals surface area (Å²) in [5.74, 6) is 0. The summed E-state index contributed by atoms with van der Waals surface area (Å²) >= 11 is 0. The van der Waals surface area contributed by atoms with E-state index in [4.69, 9.17) is 5.11 Å². The van der Waals surface area contributed by atoms with Gasteiger partial charge in [-0.05, 0) is 0 Å². The van der Waals surface area contributed by atoms with E-state index in [-0.39, 0.29) is 4.90 Å². The van der Waals surface area contributed by atoms with Crippen LogP contribution in [0.5, 0.6) is 0 Å². The molecule has 0 radical (unpaired) electrons. The van der Waals surface area contributed by atoms with Gasteiger partial charge >= 0.3 is 6.18 Å². The summed E-state index contributed by atoms with van der Waals surface area (Å²) in [6.45, 7) is -1.14. The Labute approximate surface area is 95.1 Å². The summed E-state index contributed by atoms with van der Waals surface area (Å²) in [7, 11) is -2.63.